The number of anilines is 1. The SMILES string of the molecule is Cc1cc(CNS(=O)(=O)c2cccc3nsnc23)nc(N2CCOCC2)n1. The quantitative estimate of drug-likeness (QED) is 0.671. The molecule has 0 unspecified atom stereocenters. The van der Waals surface area contributed by atoms with Gasteiger partial charge in [0.1, 0.15) is 15.9 Å². The van der Waals surface area contributed by atoms with Crippen molar-refractivity contribution in [2.24, 2.45) is 0 Å². The third-order valence-electron chi connectivity index (χ3n) is 4.17. The number of morpholine rings is 1. The molecule has 1 aromatic carbocycles. The highest BCUT2D eigenvalue weighted by Gasteiger charge is 2.20. The second-order valence-electron chi connectivity index (χ2n) is 6.11. The van der Waals surface area contributed by atoms with Gasteiger partial charge in [-0.15, -0.1) is 0 Å². The molecule has 0 saturated carbocycles. The largest absolute Gasteiger partial charge is 0.378 e. The molecule has 0 amide bonds. The molecule has 1 N–H and O–H groups in total. The summed E-state index contributed by atoms with van der Waals surface area (Å²) in [5.41, 5.74) is 2.33. The van der Waals surface area contributed by atoms with Crippen molar-refractivity contribution in [1.29, 1.82) is 0 Å². The lowest BCUT2D eigenvalue weighted by Gasteiger charge is -2.27. The second kappa shape index (κ2) is 7.43. The topological polar surface area (TPSA) is 110 Å². The van der Waals surface area contributed by atoms with Crippen LogP contribution in [0.15, 0.2) is 29.2 Å². The predicted molar refractivity (Wildman–Crippen MR) is 101 cm³/mol. The Morgan fingerprint density at radius 2 is 2.04 bits per heavy atom. The average Bonchev–Trinajstić information content (AvgIpc) is 3.15. The molecule has 0 aliphatic carbocycles. The number of nitrogens with zero attached hydrogens (tertiary/aromatic N) is 5. The summed E-state index contributed by atoms with van der Waals surface area (Å²) < 4.78 is 41.6. The molecule has 2 aromatic heterocycles. The number of ether oxygens (including phenoxy) is 1. The van der Waals surface area contributed by atoms with Crippen molar-refractivity contribution in [3.63, 3.8) is 0 Å². The van der Waals surface area contributed by atoms with Crippen LogP contribution in [0, 0.1) is 6.92 Å². The van der Waals surface area contributed by atoms with Crippen LogP contribution in [0.4, 0.5) is 5.95 Å². The molecule has 3 aromatic rings. The number of aryl methyl sites for hydroxylation is 1. The zero-order valence-electron chi connectivity index (χ0n) is 14.6. The van der Waals surface area contributed by atoms with Gasteiger partial charge in [-0.1, -0.05) is 6.07 Å². The van der Waals surface area contributed by atoms with E-state index in [-0.39, 0.29) is 11.4 Å². The Morgan fingerprint density at radius 1 is 1.22 bits per heavy atom. The molecule has 27 heavy (non-hydrogen) atoms. The Labute approximate surface area is 160 Å². The van der Waals surface area contributed by atoms with Crippen LogP contribution in [0.5, 0.6) is 0 Å². The van der Waals surface area contributed by atoms with Crippen LogP contribution >= 0.6 is 11.7 Å². The van der Waals surface area contributed by atoms with Crippen LogP contribution in [0.25, 0.3) is 11.0 Å². The van der Waals surface area contributed by atoms with Crippen LogP contribution < -0.4 is 9.62 Å². The maximum absolute atomic E-state index is 12.7. The molecule has 1 saturated heterocycles. The Bertz CT molecular complexity index is 1060. The van der Waals surface area contributed by atoms with Crippen LogP contribution in [-0.2, 0) is 21.3 Å². The van der Waals surface area contributed by atoms with E-state index in [1.165, 1.54) is 6.07 Å². The molecule has 1 aliphatic heterocycles. The molecule has 11 heteroatoms. The lowest BCUT2D eigenvalue weighted by atomic mass is 10.3. The van der Waals surface area contributed by atoms with Gasteiger partial charge in [-0.2, -0.15) is 8.75 Å². The van der Waals surface area contributed by atoms with Gasteiger partial charge in [0, 0.05) is 18.8 Å². The van der Waals surface area contributed by atoms with Crippen molar-refractivity contribution < 1.29 is 13.2 Å². The fraction of sp³-hybridized carbons (Fsp3) is 0.375. The fourth-order valence-corrected chi connectivity index (χ4v) is 4.62. The zero-order chi connectivity index (χ0) is 18.9. The van der Waals surface area contributed by atoms with Gasteiger partial charge in [0.05, 0.1) is 37.2 Å². The maximum atomic E-state index is 12.7. The Morgan fingerprint density at radius 3 is 2.85 bits per heavy atom. The highest BCUT2D eigenvalue weighted by molar-refractivity contribution is 7.89. The number of rotatable bonds is 5. The van der Waals surface area contributed by atoms with Gasteiger partial charge in [-0.25, -0.2) is 23.1 Å². The van der Waals surface area contributed by atoms with Gasteiger partial charge < -0.3 is 9.64 Å². The van der Waals surface area contributed by atoms with Crippen molar-refractivity contribution in [3.8, 4) is 0 Å². The maximum Gasteiger partial charge on any atom is 0.243 e. The molecule has 1 fully saturated rings. The van der Waals surface area contributed by atoms with Gasteiger partial charge in [0.2, 0.25) is 16.0 Å². The lowest BCUT2D eigenvalue weighted by Crippen LogP contribution is -2.37. The number of nitrogens with one attached hydrogen (secondary N) is 1. The molecule has 0 bridgehead atoms. The number of fused-ring (bicyclic) bond motifs is 1. The van der Waals surface area contributed by atoms with E-state index in [1.54, 1.807) is 18.2 Å². The Hall–Kier alpha value is -2.21. The number of hydrogen-bond acceptors (Lipinski definition) is 9. The fourth-order valence-electron chi connectivity index (χ4n) is 2.86. The molecule has 0 spiro atoms. The standard InChI is InChI=1S/C16H18N6O3S2/c1-11-9-12(19-16(18-11)22-5-7-25-8-6-22)10-17-27(23,24)14-4-2-3-13-15(14)21-26-20-13/h2-4,9,17H,5-8,10H2,1H3. The first-order chi connectivity index (χ1) is 13.0. The van der Waals surface area contributed by atoms with Crippen molar-refractivity contribution in [3.05, 3.63) is 35.7 Å². The highest BCUT2D eigenvalue weighted by atomic mass is 32.2. The Balaban J connectivity index is 1.56. The zero-order valence-corrected chi connectivity index (χ0v) is 16.3. The van der Waals surface area contributed by atoms with Crippen molar-refractivity contribution in [2.75, 3.05) is 31.2 Å². The summed E-state index contributed by atoms with van der Waals surface area (Å²) >= 11 is 0.989. The second-order valence-corrected chi connectivity index (χ2v) is 8.38. The normalized spacial score (nSPS) is 15.4. The van der Waals surface area contributed by atoms with E-state index in [1.807, 2.05) is 11.8 Å². The first-order valence-corrected chi connectivity index (χ1v) is 10.6. The Kier molecular flexibility index (Phi) is 5.00. The number of hydrogen-bond donors (Lipinski definition) is 1. The molecule has 3 heterocycles. The van der Waals surface area contributed by atoms with Crippen molar-refractivity contribution in [2.45, 2.75) is 18.4 Å². The van der Waals surface area contributed by atoms with Crippen LogP contribution in [0.2, 0.25) is 0 Å². The number of benzene rings is 1. The molecular weight excluding hydrogens is 388 g/mol. The van der Waals surface area contributed by atoms with Crippen molar-refractivity contribution >= 4 is 38.7 Å². The molecule has 142 valence electrons. The highest BCUT2D eigenvalue weighted by Crippen LogP contribution is 2.21. The van der Waals surface area contributed by atoms with Gasteiger partial charge in [0.25, 0.3) is 0 Å². The summed E-state index contributed by atoms with van der Waals surface area (Å²) in [5.74, 6) is 0.596. The summed E-state index contributed by atoms with van der Waals surface area (Å²) in [4.78, 5) is 11.1. The smallest absolute Gasteiger partial charge is 0.243 e. The van der Waals surface area contributed by atoms with E-state index in [9.17, 15) is 8.42 Å². The molecule has 4 rings (SSSR count). The minimum Gasteiger partial charge on any atom is -0.378 e. The summed E-state index contributed by atoms with van der Waals surface area (Å²) in [5, 5.41) is 0. The third-order valence-corrected chi connectivity index (χ3v) is 6.15. The molecule has 1 aliphatic rings. The minimum atomic E-state index is -3.75. The van der Waals surface area contributed by atoms with Crippen molar-refractivity contribution in [1.82, 2.24) is 23.4 Å². The lowest BCUT2D eigenvalue weighted by molar-refractivity contribution is 0.122. The molecule has 0 radical (unpaired) electrons. The molecule has 0 atom stereocenters. The van der Waals surface area contributed by atoms with Gasteiger partial charge in [0.15, 0.2) is 0 Å². The van der Waals surface area contributed by atoms with Crippen LogP contribution in [0.3, 0.4) is 0 Å². The predicted octanol–water partition coefficient (Wildman–Crippen LogP) is 1.10. The van der Waals surface area contributed by atoms with Gasteiger partial charge in [-0.3, -0.25) is 0 Å². The number of aromatic nitrogens is 4. The van der Waals surface area contributed by atoms with Gasteiger partial charge in [-0.05, 0) is 25.1 Å². The van der Waals surface area contributed by atoms with Crippen LogP contribution in [0.1, 0.15) is 11.4 Å². The summed E-state index contributed by atoms with van der Waals surface area (Å²) in [7, 11) is -3.75. The van der Waals surface area contributed by atoms with E-state index in [0.29, 0.717) is 49.0 Å². The first kappa shape index (κ1) is 18.2. The summed E-state index contributed by atoms with van der Waals surface area (Å²) in [6.45, 7) is 4.62. The van der Waals surface area contributed by atoms with E-state index >= 15 is 0 Å². The number of sulfonamides is 1. The van der Waals surface area contributed by atoms with E-state index in [2.05, 4.69) is 23.4 Å². The van der Waals surface area contributed by atoms with Crippen LogP contribution in [-0.4, -0.2) is 53.4 Å². The van der Waals surface area contributed by atoms with Gasteiger partial charge >= 0.3 is 0 Å². The summed E-state index contributed by atoms with van der Waals surface area (Å²) in [6, 6.07) is 6.69. The molecule has 9 nitrogen and oxygen atoms in total. The average molecular weight is 406 g/mol. The monoisotopic (exact) mass is 406 g/mol. The van der Waals surface area contributed by atoms with E-state index in [0.717, 1.165) is 17.4 Å². The summed E-state index contributed by atoms with van der Waals surface area (Å²) in [6.07, 6.45) is 0. The first-order valence-electron chi connectivity index (χ1n) is 8.41. The molecular formula is C16H18N6O3S2. The third kappa shape index (κ3) is 3.90. The minimum absolute atomic E-state index is 0.0665. The van der Waals surface area contributed by atoms with E-state index < -0.39 is 10.0 Å². The van der Waals surface area contributed by atoms with E-state index in [4.69, 9.17) is 4.74 Å².